The molecule has 3 rings (SSSR count). The van der Waals surface area contributed by atoms with E-state index < -0.39 is 31.9 Å². The summed E-state index contributed by atoms with van der Waals surface area (Å²) in [5, 5.41) is 20.6. The van der Waals surface area contributed by atoms with Gasteiger partial charge < -0.3 is 10.2 Å². The van der Waals surface area contributed by atoms with E-state index >= 15 is 0 Å². The fourth-order valence-electron chi connectivity index (χ4n) is 3.22. The molecule has 0 radical (unpaired) electrons. The lowest BCUT2D eigenvalue weighted by molar-refractivity contribution is 0.394. The Morgan fingerprint density at radius 3 is 2.03 bits per heavy atom. The summed E-state index contributed by atoms with van der Waals surface area (Å²) < 4.78 is 33.9. The Bertz CT molecular complexity index is 1210. The number of phenolic OH excluding ortho intramolecular Hbond substituents is 2. The molecule has 0 saturated heterocycles. The molecular formula is C19H12Cl4O5S. The van der Waals surface area contributed by atoms with E-state index in [0.29, 0.717) is 0 Å². The Morgan fingerprint density at radius 2 is 1.45 bits per heavy atom. The van der Waals surface area contributed by atoms with Gasteiger partial charge in [0.1, 0.15) is 0 Å². The monoisotopic (exact) mass is 492 g/mol. The highest BCUT2D eigenvalue weighted by molar-refractivity contribution is 7.87. The average molecular weight is 494 g/mol. The van der Waals surface area contributed by atoms with Gasteiger partial charge in [-0.2, -0.15) is 8.42 Å². The zero-order valence-electron chi connectivity index (χ0n) is 14.3. The Hall–Kier alpha value is -1.67. The summed E-state index contributed by atoms with van der Waals surface area (Å²) >= 11 is 24.6. The van der Waals surface area contributed by atoms with Crippen molar-refractivity contribution in [2.45, 2.75) is 4.75 Å². The lowest BCUT2D eigenvalue weighted by Crippen LogP contribution is -2.39. The van der Waals surface area contributed by atoms with Gasteiger partial charge in [0.05, 0.1) is 5.02 Å². The molecule has 0 aliphatic rings. The van der Waals surface area contributed by atoms with Crippen molar-refractivity contribution in [2.24, 2.45) is 0 Å². The second kappa shape index (κ2) is 7.87. The van der Waals surface area contributed by atoms with Crippen LogP contribution in [-0.4, -0.2) is 23.2 Å². The van der Waals surface area contributed by atoms with Crippen LogP contribution in [0.3, 0.4) is 0 Å². The Balaban J connectivity index is 2.65. The van der Waals surface area contributed by atoms with Gasteiger partial charge in [-0.05, 0) is 42.0 Å². The first-order chi connectivity index (χ1) is 13.5. The highest BCUT2D eigenvalue weighted by atomic mass is 35.5. The molecule has 5 nitrogen and oxygen atoms in total. The zero-order chi connectivity index (χ0) is 21.6. The normalized spacial score (nSPS) is 13.8. The third-order valence-corrected chi connectivity index (χ3v) is 6.92. The van der Waals surface area contributed by atoms with E-state index in [-0.39, 0.29) is 31.2 Å². The molecule has 0 aromatic heterocycles. The quantitative estimate of drug-likeness (QED) is 0.239. The molecule has 3 aromatic rings. The summed E-state index contributed by atoms with van der Waals surface area (Å²) in [5.74, 6) is -1.49. The van der Waals surface area contributed by atoms with Crippen molar-refractivity contribution in [2.75, 3.05) is 0 Å². The molecular weight excluding hydrogens is 482 g/mol. The lowest BCUT2D eigenvalue weighted by Gasteiger charge is -2.34. The molecule has 3 N–H and O–H groups in total. The van der Waals surface area contributed by atoms with Gasteiger partial charge in [-0.15, -0.1) is 0 Å². The molecule has 0 saturated carbocycles. The molecule has 0 amide bonds. The van der Waals surface area contributed by atoms with Crippen LogP contribution in [0, 0.1) is 0 Å². The number of rotatable bonds is 4. The van der Waals surface area contributed by atoms with E-state index in [1.807, 2.05) is 0 Å². The topological polar surface area (TPSA) is 94.8 Å². The fourth-order valence-corrected chi connectivity index (χ4v) is 5.72. The van der Waals surface area contributed by atoms with E-state index in [2.05, 4.69) is 0 Å². The van der Waals surface area contributed by atoms with Crippen LogP contribution in [0.4, 0.5) is 0 Å². The molecule has 10 heteroatoms. The van der Waals surface area contributed by atoms with Crippen molar-refractivity contribution in [1.82, 2.24) is 0 Å². The summed E-state index contributed by atoms with van der Waals surface area (Å²) in [7, 11) is -5.14. The first kappa shape index (κ1) is 22.0. The number of benzene rings is 3. The SMILES string of the molecule is O=S(=O)(O)C(c1cccc(Cl)c1)(c1ccc(Cl)cc1Cl)c1c(Cl)ccc(O)c1O. The second-order valence-electron chi connectivity index (χ2n) is 6.08. The first-order valence-corrected chi connectivity index (χ1v) is 10.8. The van der Waals surface area contributed by atoms with E-state index in [1.54, 1.807) is 0 Å². The molecule has 0 aliphatic carbocycles. The second-order valence-corrected chi connectivity index (χ2v) is 9.33. The van der Waals surface area contributed by atoms with E-state index in [4.69, 9.17) is 46.4 Å². The van der Waals surface area contributed by atoms with Crippen molar-refractivity contribution in [3.05, 3.63) is 91.4 Å². The molecule has 1 atom stereocenters. The van der Waals surface area contributed by atoms with Crippen LogP contribution in [0.5, 0.6) is 11.5 Å². The Labute approximate surface area is 186 Å². The standard InChI is InChI=1S/C19H12Cl4O5S/c20-11-3-1-2-10(8-11)19(29(26,27)28,13-5-4-12(21)9-15(13)23)17-14(22)6-7-16(24)18(17)25/h1-9,24-25H,(H,26,27,28). The number of halogens is 4. The fraction of sp³-hybridized carbons (Fsp3) is 0.0526. The molecule has 152 valence electrons. The Kier molecular flexibility index (Phi) is 5.98. The summed E-state index contributed by atoms with van der Waals surface area (Å²) in [5.41, 5.74) is -0.719. The molecule has 0 aliphatic heterocycles. The van der Waals surface area contributed by atoms with Crippen LogP contribution in [0.2, 0.25) is 20.1 Å². The van der Waals surface area contributed by atoms with Gasteiger partial charge in [0.25, 0.3) is 10.1 Å². The van der Waals surface area contributed by atoms with Gasteiger partial charge in [-0.25, -0.2) is 0 Å². The highest BCUT2D eigenvalue weighted by Gasteiger charge is 2.53. The lowest BCUT2D eigenvalue weighted by atomic mass is 9.83. The zero-order valence-corrected chi connectivity index (χ0v) is 18.1. The number of phenols is 2. The van der Waals surface area contributed by atoms with Crippen LogP contribution in [0.25, 0.3) is 0 Å². The van der Waals surface area contributed by atoms with E-state index in [1.165, 1.54) is 48.5 Å². The molecule has 3 aromatic carbocycles. The van der Waals surface area contributed by atoms with Crippen LogP contribution < -0.4 is 0 Å². The average Bonchev–Trinajstić information content (AvgIpc) is 2.62. The smallest absolute Gasteiger partial charge is 0.283 e. The maximum Gasteiger partial charge on any atom is 0.283 e. The van der Waals surface area contributed by atoms with E-state index in [0.717, 1.165) is 6.07 Å². The van der Waals surface area contributed by atoms with E-state index in [9.17, 15) is 23.2 Å². The molecule has 0 bridgehead atoms. The molecule has 0 fully saturated rings. The number of hydrogen-bond acceptors (Lipinski definition) is 4. The third kappa shape index (κ3) is 3.65. The molecule has 1 unspecified atom stereocenters. The van der Waals surface area contributed by atoms with Crippen molar-refractivity contribution < 1.29 is 23.2 Å². The molecule has 0 spiro atoms. The van der Waals surface area contributed by atoms with Gasteiger partial charge in [0.15, 0.2) is 16.2 Å². The number of hydrogen-bond donors (Lipinski definition) is 3. The summed E-state index contributed by atoms with van der Waals surface area (Å²) in [6.45, 7) is 0. The number of aromatic hydroxyl groups is 2. The summed E-state index contributed by atoms with van der Waals surface area (Å²) in [4.78, 5) is 0. The predicted molar refractivity (Wildman–Crippen MR) is 114 cm³/mol. The summed E-state index contributed by atoms with van der Waals surface area (Å²) in [6, 6.07) is 11.8. The van der Waals surface area contributed by atoms with Gasteiger partial charge in [0.2, 0.25) is 0 Å². The minimum atomic E-state index is -5.14. The van der Waals surface area contributed by atoms with Crippen molar-refractivity contribution >= 4 is 56.5 Å². The molecule has 29 heavy (non-hydrogen) atoms. The van der Waals surface area contributed by atoms with Crippen molar-refractivity contribution in [3.8, 4) is 11.5 Å². The maximum atomic E-state index is 13.0. The van der Waals surface area contributed by atoms with Crippen LogP contribution >= 0.6 is 46.4 Å². The van der Waals surface area contributed by atoms with Gasteiger partial charge in [-0.1, -0.05) is 64.6 Å². The summed E-state index contributed by atoms with van der Waals surface area (Å²) in [6.07, 6.45) is 0. The van der Waals surface area contributed by atoms with Crippen molar-refractivity contribution in [3.63, 3.8) is 0 Å². The van der Waals surface area contributed by atoms with Crippen LogP contribution in [-0.2, 0) is 14.9 Å². The van der Waals surface area contributed by atoms with Gasteiger partial charge in [-0.3, -0.25) is 4.55 Å². The maximum absolute atomic E-state index is 13.0. The van der Waals surface area contributed by atoms with Gasteiger partial charge >= 0.3 is 0 Å². The third-order valence-electron chi connectivity index (χ3n) is 4.39. The van der Waals surface area contributed by atoms with Gasteiger partial charge in [0, 0.05) is 26.2 Å². The highest BCUT2D eigenvalue weighted by Crippen LogP contribution is 2.53. The van der Waals surface area contributed by atoms with Crippen LogP contribution in [0.15, 0.2) is 54.6 Å². The molecule has 0 heterocycles. The van der Waals surface area contributed by atoms with Crippen LogP contribution in [0.1, 0.15) is 16.7 Å². The largest absolute Gasteiger partial charge is 0.504 e. The Morgan fingerprint density at radius 1 is 0.793 bits per heavy atom. The predicted octanol–water partition coefficient (Wildman–Crippen LogP) is 5.89. The van der Waals surface area contributed by atoms with Crippen molar-refractivity contribution in [1.29, 1.82) is 0 Å². The minimum absolute atomic E-state index is 0.0699. The first-order valence-electron chi connectivity index (χ1n) is 7.89. The minimum Gasteiger partial charge on any atom is -0.504 e.